The van der Waals surface area contributed by atoms with Crippen molar-refractivity contribution in [2.24, 2.45) is 22.7 Å². The minimum Gasteiger partial charge on any atom is -0.409 e. The first kappa shape index (κ1) is 12.5. The van der Waals surface area contributed by atoms with E-state index in [1.165, 1.54) is 11.3 Å². The van der Waals surface area contributed by atoms with Gasteiger partial charge in [0.25, 0.3) is 0 Å². The maximum absolute atomic E-state index is 11.9. The smallest absolute Gasteiger partial charge is 0.235 e. The zero-order valence-corrected chi connectivity index (χ0v) is 9.99. The minimum atomic E-state index is -0.620. The predicted molar refractivity (Wildman–Crippen MR) is 64.7 cm³/mol. The molecule has 0 fully saturated rings. The Bertz CT molecular complexity index is 373. The van der Waals surface area contributed by atoms with Crippen LogP contribution < -0.4 is 11.1 Å². The van der Waals surface area contributed by atoms with Crippen molar-refractivity contribution in [2.75, 3.05) is 5.32 Å². The zero-order valence-electron chi connectivity index (χ0n) is 9.18. The van der Waals surface area contributed by atoms with E-state index < -0.39 is 5.92 Å². The van der Waals surface area contributed by atoms with E-state index in [1.807, 2.05) is 24.6 Å². The molecule has 1 rings (SSSR count). The number of thiophene rings is 1. The molecule has 6 heteroatoms. The number of carbonyl (C=O) groups is 1. The number of amidine groups is 1. The molecule has 0 saturated carbocycles. The summed E-state index contributed by atoms with van der Waals surface area (Å²) in [5.41, 5.74) is 6.22. The molecule has 1 heterocycles. The number of nitrogens with one attached hydrogen (secondary N) is 1. The Balaban J connectivity index is 2.76. The second kappa shape index (κ2) is 5.50. The Morgan fingerprint density at radius 1 is 1.62 bits per heavy atom. The van der Waals surface area contributed by atoms with E-state index in [9.17, 15) is 4.79 Å². The van der Waals surface area contributed by atoms with Crippen molar-refractivity contribution in [1.82, 2.24) is 0 Å². The summed E-state index contributed by atoms with van der Waals surface area (Å²) < 4.78 is 0. The van der Waals surface area contributed by atoms with Crippen molar-refractivity contribution in [3.8, 4) is 0 Å². The normalized spacial score (nSPS) is 13.8. The highest BCUT2D eigenvalue weighted by molar-refractivity contribution is 7.08. The van der Waals surface area contributed by atoms with Gasteiger partial charge in [-0.25, -0.2) is 0 Å². The molecule has 1 aromatic rings. The molecule has 0 aromatic carbocycles. The van der Waals surface area contributed by atoms with Gasteiger partial charge in [-0.2, -0.15) is 11.3 Å². The highest BCUT2D eigenvalue weighted by atomic mass is 32.1. The summed E-state index contributed by atoms with van der Waals surface area (Å²) >= 11 is 1.49. The largest absolute Gasteiger partial charge is 0.409 e. The Labute approximate surface area is 98.0 Å². The number of carbonyl (C=O) groups excluding carboxylic acids is 1. The molecular formula is C10H15N3O2S. The number of amides is 1. The van der Waals surface area contributed by atoms with Gasteiger partial charge in [0.15, 0.2) is 5.84 Å². The summed E-state index contributed by atoms with van der Waals surface area (Å²) in [7, 11) is 0. The van der Waals surface area contributed by atoms with Crippen LogP contribution in [0.15, 0.2) is 22.0 Å². The number of rotatable bonds is 4. The molecule has 0 aliphatic heterocycles. The van der Waals surface area contributed by atoms with Crippen LogP contribution in [0.3, 0.4) is 0 Å². The van der Waals surface area contributed by atoms with Crippen molar-refractivity contribution in [2.45, 2.75) is 13.8 Å². The quantitative estimate of drug-likeness (QED) is 0.324. The molecule has 0 saturated heterocycles. The van der Waals surface area contributed by atoms with Crippen LogP contribution in [0, 0.1) is 11.8 Å². The molecule has 0 aliphatic rings. The van der Waals surface area contributed by atoms with Gasteiger partial charge in [-0.3, -0.25) is 4.79 Å². The number of nitrogens with two attached hydrogens (primary N) is 1. The molecule has 5 nitrogen and oxygen atoms in total. The fraction of sp³-hybridized carbons (Fsp3) is 0.400. The summed E-state index contributed by atoms with van der Waals surface area (Å²) in [6.45, 7) is 3.69. The van der Waals surface area contributed by atoms with Gasteiger partial charge >= 0.3 is 0 Å². The van der Waals surface area contributed by atoms with Gasteiger partial charge in [-0.05, 0) is 17.4 Å². The van der Waals surface area contributed by atoms with E-state index in [2.05, 4.69) is 10.5 Å². The number of oxime groups is 1. The first-order valence-electron chi connectivity index (χ1n) is 4.86. The van der Waals surface area contributed by atoms with Crippen LogP contribution in [-0.2, 0) is 4.79 Å². The van der Waals surface area contributed by atoms with Crippen LogP contribution in [0.2, 0.25) is 0 Å². The number of nitrogens with zero attached hydrogens (tertiary/aromatic N) is 1. The van der Waals surface area contributed by atoms with Gasteiger partial charge in [0.05, 0.1) is 5.69 Å². The lowest BCUT2D eigenvalue weighted by Gasteiger charge is -2.18. The zero-order chi connectivity index (χ0) is 12.1. The lowest BCUT2D eigenvalue weighted by Crippen LogP contribution is -2.38. The van der Waals surface area contributed by atoms with E-state index in [4.69, 9.17) is 10.9 Å². The van der Waals surface area contributed by atoms with Crippen molar-refractivity contribution < 1.29 is 10.0 Å². The second-order valence-electron chi connectivity index (χ2n) is 3.75. The highest BCUT2D eigenvalue weighted by Gasteiger charge is 2.26. The molecule has 1 amide bonds. The third kappa shape index (κ3) is 2.96. The van der Waals surface area contributed by atoms with Crippen LogP contribution in [0.5, 0.6) is 0 Å². The van der Waals surface area contributed by atoms with Gasteiger partial charge in [-0.1, -0.05) is 19.0 Å². The van der Waals surface area contributed by atoms with Crippen LogP contribution in [-0.4, -0.2) is 17.0 Å². The van der Waals surface area contributed by atoms with E-state index in [1.54, 1.807) is 6.07 Å². The van der Waals surface area contributed by atoms with Crippen LogP contribution in [0.1, 0.15) is 13.8 Å². The molecule has 1 aromatic heterocycles. The Morgan fingerprint density at radius 3 is 2.75 bits per heavy atom. The highest BCUT2D eigenvalue weighted by Crippen LogP contribution is 2.17. The molecule has 0 radical (unpaired) electrons. The van der Waals surface area contributed by atoms with Gasteiger partial charge in [0.1, 0.15) is 5.92 Å². The molecule has 16 heavy (non-hydrogen) atoms. The lowest BCUT2D eigenvalue weighted by atomic mass is 9.94. The molecule has 0 aliphatic carbocycles. The molecule has 0 spiro atoms. The van der Waals surface area contributed by atoms with Crippen molar-refractivity contribution in [3.63, 3.8) is 0 Å². The van der Waals surface area contributed by atoms with Gasteiger partial charge in [0.2, 0.25) is 5.91 Å². The second-order valence-corrected chi connectivity index (χ2v) is 4.53. The van der Waals surface area contributed by atoms with E-state index in [-0.39, 0.29) is 17.7 Å². The molecule has 0 bridgehead atoms. The Kier molecular flexibility index (Phi) is 4.30. The van der Waals surface area contributed by atoms with E-state index in [0.717, 1.165) is 5.69 Å². The summed E-state index contributed by atoms with van der Waals surface area (Å²) in [5.74, 6) is -0.981. The van der Waals surface area contributed by atoms with Crippen molar-refractivity contribution in [1.29, 1.82) is 0 Å². The predicted octanol–water partition coefficient (Wildman–Crippen LogP) is 1.71. The van der Waals surface area contributed by atoms with Gasteiger partial charge in [-0.15, -0.1) is 0 Å². The third-order valence-electron chi connectivity index (χ3n) is 2.17. The van der Waals surface area contributed by atoms with Gasteiger partial charge in [0, 0.05) is 5.38 Å². The molecule has 1 unspecified atom stereocenters. The van der Waals surface area contributed by atoms with E-state index >= 15 is 0 Å². The minimum absolute atomic E-state index is 0.0328. The number of anilines is 1. The average molecular weight is 241 g/mol. The number of hydrogen-bond donors (Lipinski definition) is 3. The average Bonchev–Trinajstić information content (AvgIpc) is 2.69. The fourth-order valence-electron chi connectivity index (χ4n) is 1.40. The fourth-order valence-corrected chi connectivity index (χ4v) is 1.98. The standard InChI is InChI=1S/C10H15N3O2S/c1-6(2)8(9(11)13-15)10(14)12-7-3-4-16-5-7/h3-6,8,15H,1-2H3,(H2,11,13)(H,12,14). The summed E-state index contributed by atoms with van der Waals surface area (Å²) in [4.78, 5) is 11.9. The Hall–Kier alpha value is -1.56. The first-order chi connectivity index (χ1) is 7.56. The Morgan fingerprint density at radius 2 is 2.31 bits per heavy atom. The van der Waals surface area contributed by atoms with Crippen molar-refractivity contribution in [3.05, 3.63) is 16.8 Å². The van der Waals surface area contributed by atoms with Crippen LogP contribution >= 0.6 is 11.3 Å². The molecule has 4 N–H and O–H groups in total. The van der Waals surface area contributed by atoms with E-state index in [0.29, 0.717) is 0 Å². The SMILES string of the molecule is CC(C)C(C(=O)Nc1ccsc1)C(N)=NO. The summed E-state index contributed by atoms with van der Waals surface area (Å²) in [6.07, 6.45) is 0. The monoisotopic (exact) mass is 241 g/mol. The first-order valence-corrected chi connectivity index (χ1v) is 5.81. The lowest BCUT2D eigenvalue weighted by molar-refractivity contribution is -0.119. The summed E-state index contributed by atoms with van der Waals surface area (Å²) in [6, 6.07) is 1.80. The van der Waals surface area contributed by atoms with Crippen LogP contribution in [0.4, 0.5) is 5.69 Å². The topological polar surface area (TPSA) is 87.7 Å². The maximum atomic E-state index is 11.9. The maximum Gasteiger partial charge on any atom is 0.235 e. The molecule has 1 atom stereocenters. The number of hydrogen-bond acceptors (Lipinski definition) is 4. The summed E-state index contributed by atoms with van der Waals surface area (Å²) in [5, 5.41) is 17.9. The van der Waals surface area contributed by atoms with Crippen molar-refractivity contribution >= 4 is 28.8 Å². The molecule has 88 valence electrons. The van der Waals surface area contributed by atoms with Gasteiger partial charge < -0.3 is 16.3 Å². The van der Waals surface area contributed by atoms with Crippen LogP contribution in [0.25, 0.3) is 0 Å². The molecular weight excluding hydrogens is 226 g/mol. The third-order valence-corrected chi connectivity index (χ3v) is 2.86.